The Hall–Kier alpha value is -1.29. The van der Waals surface area contributed by atoms with Crippen LogP contribution < -0.4 is 0 Å². The van der Waals surface area contributed by atoms with E-state index in [0.29, 0.717) is 11.1 Å². The van der Waals surface area contributed by atoms with E-state index in [9.17, 15) is 9.90 Å². The van der Waals surface area contributed by atoms with Gasteiger partial charge in [0.25, 0.3) is 0 Å². The largest absolute Gasteiger partial charge is 0.507 e. The van der Waals surface area contributed by atoms with E-state index in [0.717, 1.165) is 4.47 Å². The normalized spacial score (nSPS) is 10.8. The summed E-state index contributed by atoms with van der Waals surface area (Å²) in [5.41, 5.74) is 0.987. The predicted molar refractivity (Wildman–Crippen MR) is 67.7 cm³/mol. The minimum Gasteiger partial charge on any atom is -0.507 e. The summed E-state index contributed by atoms with van der Waals surface area (Å²) < 4.78 is 0.782. The predicted octanol–water partition coefficient (Wildman–Crippen LogP) is 2.72. The highest BCUT2D eigenvalue weighted by atomic mass is 79.9. The Bertz CT molecular complexity index is 439. The zero-order valence-electron chi connectivity index (χ0n) is 9.49. The molecule has 0 aliphatic carbocycles. The van der Waals surface area contributed by atoms with Crippen LogP contribution in [0.15, 0.2) is 28.9 Å². The van der Waals surface area contributed by atoms with E-state index in [1.807, 2.05) is 14.1 Å². The first-order valence-corrected chi connectivity index (χ1v) is 5.59. The van der Waals surface area contributed by atoms with E-state index < -0.39 is 0 Å². The van der Waals surface area contributed by atoms with E-state index in [2.05, 4.69) is 15.9 Å². The van der Waals surface area contributed by atoms with Gasteiger partial charge in [0.05, 0.1) is 5.56 Å². The lowest BCUT2D eigenvalue weighted by molar-refractivity contribution is 0.104. The number of carbonyl (C=O) groups is 1. The van der Waals surface area contributed by atoms with Gasteiger partial charge in [-0.15, -0.1) is 0 Å². The van der Waals surface area contributed by atoms with E-state index in [-0.39, 0.29) is 11.5 Å². The lowest BCUT2D eigenvalue weighted by Gasteiger charge is -2.06. The Morgan fingerprint density at radius 3 is 2.62 bits per heavy atom. The molecule has 0 fully saturated rings. The molecule has 0 aliphatic rings. The molecule has 0 amide bonds. The average Bonchev–Trinajstić information content (AvgIpc) is 2.19. The van der Waals surface area contributed by atoms with Crippen molar-refractivity contribution < 1.29 is 9.90 Å². The van der Waals surface area contributed by atoms with E-state index in [4.69, 9.17) is 0 Å². The van der Waals surface area contributed by atoms with Crippen molar-refractivity contribution in [3.8, 4) is 5.75 Å². The molecule has 4 heteroatoms. The number of carbonyl (C=O) groups excluding carboxylic acids is 1. The minimum atomic E-state index is -0.212. The molecule has 1 aromatic rings. The van der Waals surface area contributed by atoms with Gasteiger partial charge in [-0.05, 0) is 24.6 Å². The monoisotopic (exact) mass is 283 g/mol. The fraction of sp³-hybridized carbons (Fsp3) is 0.250. The summed E-state index contributed by atoms with van der Waals surface area (Å²) in [6.07, 6.45) is 3.08. The molecule has 16 heavy (non-hydrogen) atoms. The summed E-state index contributed by atoms with van der Waals surface area (Å²) in [6, 6.07) is 3.38. The van der Waals surface area contributed by atoms with Crippen molar-refractivity contribution in [2.45, 2.75) is 6.92 Å². The van der Waals surface area contributed by atoms with Crippen molar-refractivity contribution in [2.24, 2.45) is 0 Å². The Kier molecular flexibility index (Phi) is 4.12. The number of allylic oxidation sites excluding steroid dienone is 1. The zero-order chi connectivity index (χ0) is 12.3. The summed E-state index contributed by atoms with van der Waals surface area (Å²) in [7, 11) is 3.66. The van der Waals surface area contributed by atoms with Crippen LogP contribution in [-0.4, -0.2) is 29.9 Å². The highest BCUT2D eigenvalue weighted by Crippen LogP contribution is 2.27. The van der Waals surface area contributed by atoms with Crippen LogP contribution in [-0.2, 0) is 0 Å². The molecular weight excluding hydrogens is 270 g/mol. The fourth-order valence-corrected chi connectivity index (χ4v) is 1.80. The maximum absolute atomic E-state index is 11.8. The number of phenols is 1. The molecule has 0 atom stereocenters. The van der Waals surface area contributed by atoms with Gasteiger partial charge in [0, 0.05) is 30.8 Å². The molecule has 0 aromatic heterocycles. The number of halogens is 1. The average molecular weight is 284 g/mol. The highest BCUT2D eigenvalue weighted by Gasteiger charge is 2.11. The Balaban J connectivity index is 3.09. The van der Waals surface area contributed by atoms with Crippen LogP contribution in [0.5, 0.6) is 5.75 Å². The number of nitrogens with zero attached hydrogens (tertiary/aromatic N) is 1. The molecule has 0 aliphatic heterocycles. The SMILES string of the molecule is Cc1cc(Br)cc(C(=O)C=CN(C)C)c1O. The number of benzene rings is 1. The number of phenolic OH excluding ortho intramolecular Hbond substituents is 1. The third kappa shape index (κ3) is 3.10. The molecule has 1 rings (SSSR count). The van der Waals surface area contributed by atoms with E-state index in [1.54, 1.807) is 30.2 Å². The Labute approximate surface area is 104 Å². The molecule has 0 bridgehead atoms. The third-order valence-electron chi connectivity index (χ3n) is 2.05. The molecule has 1 aromatic carbocycles. The fourth-order valence-electron chi connectivity index (χ4n) is 1.23. The molecule has 0 saturated carbocycles. The van der Waals surface area contributed by atoms with Crippen molar-refractivity contribution in [2.75, 3.05) is 14.1 Å². The van der Waals surface area contributed by atoms with Crippen LogP contribution in [0.4, 0.5) is 0 Å². The van der Waals surface area contributed by atoms with Crippen molar-refractivity contribution in [3.63, 3.8) is 0 Å². The van der Waals surface area contributed by atoms with Crippen LogP contribution in [0, 0.1) is 6.92 Å². The molecule has 1 N–H and O–H groups in total. The van der Waals surface area contributed by atoms with Gasteiger partial charge >= 0.3 is 0 Å². The first-order chi connectivity index (χ1) is 7.41. The number of aromatic hydroxyl groups is 1. The first-order valence-electron chi connectivity index (χ1n) is 4.80. The van der Waals surface area contributed by atoms with Gasteiger partial charge in [-0.3, -0.25) is 4.79 Å². The summed E-state index contributed by atoms with van der Waals surface area (Å²) in [5.74, 6) is -0.174. The molecule has 0 radical (unpaired) electrons. The number of hydrogen-bond acceptors (Lipinski definition) is 3. The smallest absolute Gasteiger partial charge is 0.191 e. The van der Waals surface area contributed by atoms with Gasteiger partial charge in [-0.2, -0.15) is 0 Å². The first kappa shape index (κ1) is 12.8. The standard InChI is InChI=1S/C12H14BrNO2/c1-8-6-9(13)7-10(12(8)16)11(15)4-5-14(2)3/h4-7,16H,1-3H3. The summed E-state index contributed by atoms with van der Waals surface area (Å²) in [4.78, 5) is 13.5. The van der Waals surface area contributed by atoms with Gasteiger partial charge in [0.2, 0.25) is 0 Å². The molecule has 86 valence electrons. The number of aryl methyl sites for hydroxylation is 1. The molecule has 3 nitrogen and oxygen atoms in total. The van der Waals surface area contributed by atoms with Crippen LogP contribution in [0.25, 0.3) is 0 Å². The minimum absolute atomic E-state index is 0.0385. The molecule has 0 spiro atoms. The van der Waals surface area contributed by atoms with Crippen molar-refractivity contribution in [3.05, 3.63) is 40.0 Å². The molecule has 0 unspecified atom stereocenters. The second-order valence-corrected chi connectivity index (χ2v) is 4.68. The molecular formula is C12H14BrNO2. The summed E-state index contributed by atoms with van der Waals surface area (Å²) in [5, 5.41) is 9.77. The lowest BCUT2D eigenvalue weighted by atomic mass is 10.1. The molecule has 0 heterocycles. The summed E-state index contributed by atoms with van der Waals surface area (Å²) in [6.45, 7) is 1.76. The van der Waals surface area contributed by atoms with Gasteiger partial charge in [-0.25, -0.2) is 0 Å². The van der Waals surface area contributed by atoms with Crippen LogP contribution in [0.3, 0.4) is 0 Å². The van der Waals surface area contributed by atoms with Crippen molar-refractivity contribution in [1.29, 1.82) is 0 Å². The van der Waals surface area contributed by atoms with Gasteiger partial charge in [0.1, 0.15) is 5.75 Å². The highest BCUT2D eigenvalue weighted by molar-refractivity contribution is 9.10. The van der Waals surface area contributed by atoms with E-state index >= 15 is 0 Å². The number of ketones is 1. The second kappa shape index (κ2) is 5.16. The summed E-state index contributed by atoms with van der Waals surface area (Å²) >= 11 is 3.30. The third-order valence-corrected chi connectivity index (χ3v) is 2.51. The van der Waals surface area contributed by atoms with Crippen molar-refractivity contribution in [1.82, 2.24) is 4.90 Å². The maximum atomic E-state index is 11.8. The quantitative estimate of drug-likeness (QED) is 0.685. The topological polar surface area (TPSA) is 40.5 Å². The van der Waals surface area contributed by atoms with Gasteiger partial charge in [-0.1, -0.05) is 15.9 Å². The Morgan fingerprint density at radius 1 is 1.44 bits per heavy atom. The number of hydrogen-bond donors (Lipinski definition) is 1. The lowest BCUT2D eigenvalue weighted by Crippen LogP contribution is -2.03. The molecule has 0 saturated heterocycles. The zero-order valence-corrected chi connectivity index (χ0v) is 11.1. The second-order valence-electron chi connectivity index (χ2n) is 3.76. The van der Waals surface area contributed by atoms with Crippen LogP contribution in [0.1, 0.15) is 15.9 Å². The van der Waals surface area contributed by atoms with Gasteiger partial charge in [0.15, 0.2) is 5.78 Å². The maximum Gasteiger partial charge on any atom is 0.191 e. The van der Waals surface area contributed by atoms with E-state index in [1.165, 1.54) is 6.08 Å². The van der Waals surface area contributed by atoms with Crippen LogP contribution >= 0.6 is 15.9 Å². The van der Waals surface area contributed by atoms with Gasteiger partial charge < -0.3 is 10.0 Å². The van der Waals surface area contributed by atoms with Crippen molar-refractivity contribution >= 4 is 21.7 Å². The van der Waals surface area contributed by atoms with Crippen LogP contribution in [0.2, 0.25) is 0 Å². The Morgan fingerprint density at radius 2 is 2.06 bits per heavy atom. The number of rotatable bonds is 3.